The molecule has 1 rings (SSSR count). The van der Waals surface area contributed by atoms with E-state index >= 15 is 0 Å². The van der Waals surface area contributed by atoms with Crippen molar-refractivity contribution >= 4 is 15.6 Å². The molecule has 1 aromatic carbocycles. The maximum absolute atomic E-state index is 11.8. The Labute approximate surface area is 96.4 Å². The number of rotatable bonds is 4. The molecule has 0 saturated heterocycles. The van der Waals surface area contributed by atoms with Gasteiger partial charge in [0.05, 0.1) is 5.25 Å². The van der Waals surface area contributed by atoms with E-state index in [9.17, 15) is 13.2 Å². The van der Waals surface area contributed by atoms with Gasteiger partial charge in [-0.05, 0) is 26.3 Å². The van der Waals surface area contributed by atoms with Crippen LogP contribution in [-0.4, -0.2) is 25.2 Å². The van der Waals surface area contributed by atoms with Crippen LogP contribution in [0.4, 0.5) is 0 Å². The Morgan fingerprint density at radius 3 is 2.31 bits per heavy atom. The first-order valence-corrected chi connectivity index (χ1v) is 6.86. The van der Waals surface area contributed by atoms with E-state index in [-0.39, 0.29) is 5.78 Å². The van der Waals surface area contributed by atoms with Gasteiger partial charge in [-0.15, -0.1) is 0 Å². The number of benzene rings is 1. The average molecular weight is 240 g/mol. The molecule has 0 saturated carbocycles. The van der Waals surface area contributed by atoms with Crippen molar-refractivity contribution in [1.82, 2.24) is 0 Å². The zero-order chi connectivity index (χ0) is 12.3. The summed E-state index contributed by atoms with van der Waals surface area (Å²) in [6.07, 6.45) is 0. The molecule has 0 aromatic heterocycles. The second-order valence-corrected chi connectivity index (χ2v) is 6.65. The maximum atomic E-state index is 11.8. The van der Waals surface area contributed by atoms with Gasteiger partial charge in [-0.2, -0.15) is 0 Å². The normalized spacial score (nSPS) is 11.8. The molecule has 0 aliphatic heterocycles. The number of carbonyl (C=O) groups is 1. The molecule has 0 aliphatic carbocycles. The van der Waals surface area contributed by atoms with Crippen LogP contribution in [0.3, 0.4) is 0 Å². The first-order valence-electron chi connectivity index (χ1n) is 5.15. The molecule has 0 aliphatic rings. The molecule has 0 bridgehead atoms. The zero-order valence-corrected chi connectivity index (χ0v) is 10.5. The Hall–Kier alpha value is -1.16. The van der Waals surface area contributed by atoms with Gasteiger partial charge in [0.1, 0.15) is 5.75 Å². The minimum atomic E-state index is -3.31. The monoisotopic (exact) mass is 240 g/mol. The summed E-state index contributed by atoms with van der Waals surface area (Å²) in [6, 6.07) is 7.02. The van der Waals surface area contributed by atoms with Crippen molar-refractivity contribution in [1.29, 1.82) is 0 Å². The molecule has 0 heterocycles. The summed E-state index contributed by atoms with van der Waals surface area (Å²) < 4.78 is 23.2. The number of ketones is 1. The lowest BCUT2D eigenvalue weighted by molar-refractivity contribution is 0.102. The highest BCUT2D eigenvalue weighted by molar-refractivity contribution is 7.92. The fraction of sp³-hybridized carbons (Fsp3) is 0.417. The molecule has 4 heteroatoms. The van der Waals surface area contributed by atoms with Crippen LogP contribution >= 0.6 is 0 Å². The molecule has 1 aromatic rings. The fourth-order valence-corrected chi connectivity index (χ4v) is 2.17. The third-order valence-electron chi connectivity index (χ3n) is 2.50. The lowest BCUT2D eigenvalue weighted by Crippen LogP contribution is -2.24. The van der Waals surface area contributed by atoms with Crippen LogP contribution in [0.5, 0.6) is 0 Å². The van der Waals surface area contributed by atoms with Gasteiger partial charge in [0.25, 0.3) is 0 Å². The van der Waals surface area contributed by atoms with Gasteiger partial charge in [0.2, 0.25) is 0 Å². The van der Waals surface area contributed by atoms with Gasteiger partial charge in [-0.3, -0.25) is 4.79 Å². The summed E-state index contributed by atoms with van der Waals surface area (Å²) in [7, 11) is -3.31. The molecule has 0 spiro atoms. The quantitative estimate of drug-likeness (QED) is 0.756. The van der Waals surface area contributed by atoms with Crippen molar-refractivity contribution in [3.8, 4) is 0 Å². The minimum Gasteiger partial charge on any atom is -0.293 e. The molecule has 88 valence electrons. The van der Waals surface area contributed by atoms with E-state index in [0.29, 0.717) is 5.56 Å². The lowest BCUT2D eigenvalue weighted by Gasteiger charge is -2.08. The van der Waals surface area contributed by atoms with Crippen LogP contribution in [0.25, 0.3) is 0 Å². The molecule has 0 radical (unpaired) electrons. The number of aryl methyl sites for hydroxylation is 1. The Morgan fingerprint density at radius 2 is 1.81 bits per heavy atom. The highest BCUT2D eigenvalue weighted by atomic mass is 32.2. The third-order valence-corrected chi connectivity index (χ3v) is 4.60. The van der Waals surface area contributed by atoms with Crippen molar-refractivity contribution < 1.29 is 13.2 Å². The van der Waals surface area contributed by atoms with E-state index < -0.39 is 20.8 Å². The molecular weight excluding hydrogens is 224 g/mol. The molecule has 0 N–H and O–H groups in total. The van der Waals surface area contributed by atoms with Crippen molar-refractivity contribution in [2.45, 2.75) is 26.0 Å². The van der Waals surface area contributed by atoms with Crippen molar-refractivity contribution in [3.05, 3.63) is 35.4 Å². The minimum absolute atomic E-state index is 0.327. The number of hydrogen-bond donors (Lipinski definition) is 0. The average Bonchev–Trinajstić information content (AvgIpc) is 2.17. The van der Waals surface area contributed by atoms with E-state index in [4.69, 9.17) is 0 Å². The van der Waals surface area contributed by atoms with Crippen LogP contribution in [-0.2, 0) is 9.84 Å². The van der Waals surface area contributed by atoms with E-state index in [0.717, 1.165) is 5.56 Å². The van der Waals surface area contributed by atoms with Crippen LogP contribution < -0.4 is 0 Å². The Morgan fingerprint density at radius 1 is 1.25 bits per heavy atom. The fourth-order valence-electron chi connectivity index (χ4n) is 1.31. The van der Waals surface area contributed by atoms with E-state index in [2.05, 4.69) is 0 Å². The first-order chi connectivity index (χ1) is 7.34. The first kappa shape index (κ1) is 12.9. The molecule has 16 heavy (non-hydrogen) atoms. The highest BCUT2D eigenvalue weighted by Crippen LogP contribution is 2.11. The summed E-state index contributed by atoms with van der Waals surface area (Å²) in [5, 5.41) is -0.513. The van der Waals surface area contributed by atoms with E-state index in [1.165, 1.54) is 0 Å². The summed E-state index contributed by atoms with van der Waals surface area (Å²) in [6.45, 7) is 4.97. The summed E-state index contributed by atoms with van der Waals surface area (Å²) >= 11 is 0. The molecule has 3 nitrogen and oxygen atoms in total. The van der Waals surface area contributed by atoms with E-state index in [1.807, 2.05) is 6.07 Å². The van der Waals surface area contributed by atoms with Gasteiger partial charge in [-0.1, -0.05) is 24.3 Å². The van der Waals surface area contributed by atoms with Crippen molar-refractivity contribution in [3.63, 3.8) is 0 Å². The third kappa shape index (κ3) is 2.92. The molecule has 0 atom stereocenters. The summed E-state index contributed by atoms with van der Waals surface area (Å²) in [4.78, 5) is 11.8. The lowest BCUT2D eigenvalue weighted by atomic mass is 10.1. The van der Waals surface area contributed by atoms with Crippen LogP contribution in [0.15, 0.2) is 24.3 Å². The SMILES string of the molecule is Cc1ccccc1C(=O)CS(=O)(=O)C(C)C. The van der Waals surface area contributed by atoms with Crippen molar-refractivity contribution in [2.75, 3.05) is 5.75 Å². The molecular formula is C12H16O3S. The Balaban J connectivity index is 2.94. The Kier molecular flexibility index (Phi) is 3.86. The van der Waals surface area contributed by atoms with E-state index in [1.54, 1.807) is 39.0 Å². The van der Waals surface area contributed by atoms with Crippen LogP contribution in [0, 0.1) is 6.92 Å². The number of carbonyl (C=O) groups excluding carboxylic acids is 1. The van der Waals surface area contributed by atoms with Gasteiger partial charge in [0.15, 0.2) is 15.6 Å². The standard InChI is InChI=1S/C12H16O3S/c1-9(2)16(14,15)8-12(13)11-7-5-4-6-10(11)3/h4-7,9H,8H2,1-3H3. The van der Waals surface area contributed by atoms with Gasteiger partial charge >= 0.3 is 0 Å². The summed E-state index contributed by atoms with van der Waals surface area (Å²) in [5.74, 6) is -0.734. The predicted octanol–water partition coefficient (Wildman–Crippen LogP) is 2.00. The predicted molar refractivity (Wildman–Crippen MR) is 64.4 cm³/mol. The van der Waals surface area contributed by atoms with Gasteiger partial charge in [0, 0.05) is 5.56 Å². The number of sulfone groups is 1. The maximum Gasteiger partial charge on any atom is 0.178 e. The highest BCUT2D eigenvalue weighted by Gasteiger charge is 2.22. The smallest absolute Gasteiger partial charge is 0.178 e. The van der Waals surface area contributed by atoms with Crippen molar-refractivity contribution in [2.24, 2.45) is 0 Å². The Bertz CT molecular complexity index is 487. The molecule has 0 amide bonds. The van der Waals surface area contributed by atoms with Crippen LogP contribution in [0.2, 0.25) is 0 Å². The van der Waals surface area contributed by atoms with Gasteiger partial charge in [-0.25, -0.2) is 8.42 Å². The number of Topliss-reactive ketones (excluding diaryl/α,β-unsaturated/α-hetero) is 1. The second kappa shape index (κ2) is 4.78. The summed E-state index contributed by atoms with van der Waals surface area (Å²) in [5.41, 5.74) is 1.30. The zero-order valence-electron chi connectivity index (χ0n) is 9.73. The molecule has 0 unspecified atom stereocenters. The second-order valence-electron chi connectivity index (χ2n) is 4.09. The molecule has 0 fully saturated rings. The van der Waals surface area contributed by atoms with Gasteiger partial charge < -0.3 is 0 Å². The number of hydrogen-bond acceptors (Lipinski definition) is 3. The van der Waals surface area contributed by atoms with Crippen LogP contribution in [0.1, 0.15) is 29.8 Å². The largest absolute Gasteiger partial charge is 0.293 e. The topological polar surface area (TPSA) is 51.2 Å².